The molecular weight excluding hydrogens is 313 g/mol. The van der Waals surface area contributed by atoms with E-state index in [9.17, 15) is 14.0 Å². The number of thioether (sulfide) groups is 1. The van der Waals surface area contributed by atoms with Crippen molar-refractivity contribution >= 4 is 40.1 Å². The maximum atomic E-state index is 13.6. The molecule has 0 spiro atoms. The first-order valence-corrected chi connectivity index (χ1v) is 7.32. The minimum atomic E-state index is -0.969. The summed E-state index contributed by atoms with van der Waals surface area (Å²) in [4.78, 5) is 25.0. The lowest BCUT2D eigenvalue weighted by molar-refractivity contribution is -0.123. The number of carbonyl (C=O) groups is 2. The monoisotopic (exact) mass is 321 g/mol. The van der Waals surface area contributed by atoms with E-state index in [0.717, 1.165) is 11.8 Å². The van der Waals surface area contributed by atoms with Crippen molar-refractivity contribution in [3.8, 4) is 0 Å². The zero-order valence-corrected chi connectivity index (χ0v) is 12.2. The van der Waals surface area contributed by atoms with Crippen molar-refractivity contribution in [1.29, 1.82) is 0 Å². The van der Waals surface area contributed by atoms with Gasteiger partial charge in [0.2, 0.25) is 11.0 Å². The number of halogens is 2. The van der Waals surface area contributed by atoms with E-state index in [0.29, 0.717) is 15.5 Å². The molecule has 1 aliphatic heterocycles. The minimum absolute atomic E-state index is 0.0516. The van der Waals surface area contributed by atoms with Crippen LogP contribution in [0.15, 0.2) is 47.4 Å². The quantitative estimate of drug-likeness (QED) is 0.855. The van der Waals surface area contributed by atoms with Gasteiger partial charge in [-0.05, 0) is 35.9 Å². The molecule has 106 valence electrons. The molecule has 21 heavy (non-hydrogen) atoms. The molecule has 1 N–H and O–H groups in total. The summed E-state index contributed by atoms with van der Waals surface area (Å²) in [5, 5.41) is 2.61. The molecule has 0 saturated heterocycles. The number of nitrogens with one attached hydrogen (secondary N) is 1. The van der Waals surface area contributed by atoms with E-state index >= 15 is 0 Å². The van der Waals surface area contributed by atoms with Crippen molar-refractivity contribution in [1.82, 2.24) is 0 Å². The second-order valence-electron chi connectivity index (χ2n) is 4.51. The van der Waals surface area contributed by atoms with Crippen LogP contribution in [-0.4, -0.2) is 11.0 Å². The Kier molecular flexibility index (Phi) is 3.69. The molecule has 3 rings (SSSR count). The number of hydrogen-bond acceptors (Lipinski definition) is 3. The van der Waals surface area contributed by atoms with Gasteiger partial charge in [0.1, 0.15) is 11.7 Å². The van der Waals surface area contributed by atoms with Gasteiger partial charge in [-0.3, -0.25) is 9.59 Å². The Balaban J connectivity index is 1.91. The van der Waals surface area contributed by atoms with Crippen LogP contribution in [0.1, 0.15) is 11.5 Å². The molecule has 0 aliphatic carbocycles. The standard InChI is InChI=1S/C15H9ClFNO2S/c16-8-5-6-12-9(7-8)13(15(20)21-12)14(19)18-11-4-2-1-3-10(11)17/h1-7,13H,(H,18,19). The van der Waals surface area contributed by atoms with Gasteiger partial charge in [-0.25, -0.2) is 4.39 Å². The summed E-state index contributed by atoms with van der Waals surface area (Å²) in [7, 11) is 0. The molecule has 1 atom stereocenters. The van der Waals surface area contributed by atoms with Crippen molar-refractivity contribution < 1.29 is 14.0 Å². The molecule has 3 nitrogen and oxygen atoms in total. The van der Waals surface area contributed by atoms with Crippen molar-refractivity contribution in [2.24, 2.45) is 0 Å². The highest BCUT2D eigenvalue weighted by Crippen LogP contribution is 2.42. The maximum absolute atomic E-state index is 13.6. The molecule has 6 heteroatoms. The van der Waals surface area contributed by atoms with Crippen LogP contribution in [0.4, 0.5) is 10.1 Å². The molecule has 1 aliphatic rings. The first-order valence-electron chi connectivity index (χ1n) is 6.13. The summed E-state index contributed by atoms with van der Waals surface area (Å²) < 4.78 is 13.6. The first kappa shape index (κ1) is 14.1. The summed E-state index contributed by atoms with van der Waals surface area (Å²) in [5.74, 6) is -2.07. The SMILES string of the molecule is O=C(Nc1ccccc1F)C1C(=O)Sc2ccc(Cl)cc21. The van der Waals surface area contributed by atoms with Crippen molar-refractivity contribution in [3.05, 3.63) is 58.9 Å². The summed E-state index contributed by atoms with van der Waals surface area (Å²) in [6, 6.07) is 10.8. The highest BCUT2D eigenvalue weighted by molar-refractivity contribution is 8.14. The van der Waals surface area contributed by atoms with Crippen LogP contribution in [0.25, 0.3) is 0 Å². The van der Waals surface area contributed by atoms with Gasteiger partial charge in [-0.15, -0.1) is 0 Å². The lowest BCUT2D eigenvalue weighted by Gasteiger charge is -2.11. The highest BCUT2D eigenvalue weighted by Gasteiger charge is 2.37. The molecule has 0 radical (unpaired) electrons. The molecule has 0 bridgehead atoms. The summed E-state index contributed by atoms with van der Waals surface area (Å²) in [6.07, 6.45) is 0. The van der Waals surface area contributed by atoms with Gasteiger partial charge in [0.25, 0.3) is 0 Å². The van der Waals surface area contributed by atoms with E-state index < -0.39 is 17.6 Å². The van der Waals surface area contributed by atoms with Gasteiger partial charge in [-0.1, -0.05) is 35.5 Å². The molecule has 0 aromatic heterocycles. The Labute approximate surface area is 129 Å². The summed E-state index contributed by atoms with van der Waals surface area (Å²) in [5.41, 5.74) is 0.613. The third-order valence-electron chi connectivity index (χ3n) is 3.12. The van der Waals surface area contributed by atoms with E-state index in [4.69, 9.17) is 11.6 Å². The molecule has 0 saturated carbocycles. The van der Waals surface area contributed by atoms with Crippen molar-refractivity contribution in [2.75, 3.05) is 5.32 Å². The molecular formula is C15H9ClFNO2S. The number of anilines is 1. The van der Waals surface area contributed by atoms with E-state index in [1.165, 1.54) is 18.2 Å². The second kappa shape index (κ2) is 5.50. The van der Waals surface area contributed by atoms with Gasteiger partial charge in [0.15, 0.2) is 0 Å². The van der Waals surface area contributed by atoms with Crippen LogP contribution < -0.4 is 5.32 Å². The van der Waals surface area contributed by atoms with Crippen LogP contribution in [0.2, 0.25) is 5.02 Å². The minimum Gasteiger partial charge on any atom is -0.323 e. The van der Waals surface area contributed by atoms with Crippen LogP contribution in [0.3, 0.4) is 0 Å². The van der Waals surface area contributed by atoms with Crippen LogP contribution >= 0.6 is 23.4 Å². The number of hydrogen-bond donors (Lipinski definition) is 1. The molecule has 1 amide bonds. The van der Waals surface area contributed by atoms with Crippen molar-refractivity contribution in [3.63, 3.8) is 0 Å². The number of fused-ring (bicyclic) bond motifs is 1. The zero-order valence-electron chi connectivity index (χ0n) is 10.6. The fourth-order valence-electron chi connectivity index (χ4n) is 2.15. The number of carbonyl (C=O) groups excluding carboxylic acids is 2. The van der Waals surface area contributed by atoms with Gasteiger partial charge in [0, 0.05) is 9.92 Å². The summed E-state index contributed by atoms with van der Waals surface area (Å²) in [6.45, 7) is 0. The predicted octanol–water partition coefficient (Wildman–Crippen LogP) is 3.83. The van der Waals surface area contributed by atoms with Crippen LogP contribution in [0, 0.1) is 5.82 Å². The van der Waals surface area contributed by atoms with E-state index in [2.05, 4.69) is 5.32 Å². The topological polar surface area (TPSA) is 46.2 Å². The van der Waals surface area contributed by atoms with E-state index in [1.54, 1.807) is 24.3 Å². The predicted molar refractivity (Wildman–Crippen MR) is 80.1 cm³/mol. The summed E-state index contributed by atoms with van der Waals surface area (Å²) >= 11 is 6.91. The molecule has 0 fully saturated rings. The highest BCUT2D eigenvalue weighted by atomic mass is 35.5. The average Bonchev–Trinajstić information content (AvgIpc) is 2.76. The normalized spacial score (nSPS) is 16.7. The Morgan fingerprint density at radius 1 is 1.24 bits per heavy atom. The Hall–Kier alpha value is -1.85. The van der Waals surface area contributed by atoms with Gasteiger partial charge < -0.3 is 5.32 Å². The largest absolute Gasteiger partial charge is 0.323 e. The van der Waals surface area contributed by atoms with E-state index in [-0.39, 0.29) is 10.8 Å². The van der Waals surface area contributed by atoms with Crippen molar-refractivity contribution in [2.45, 2.75) is 10.8 Å². The number of rotatable bonds is 2. The lowest BCUT2D eigenvalue weighted by Crippen LogP contribution is -2.24. The first-order chi connectivity index (χ1) is 10.1. The smallest absolute Gasteiger partial charge is 0.240 e. The zero-order chi connectivity index (χ0) is 15.0. The fraction of sp³-hybridized carbons (Fsp3) is 0.0667. The van der Waals surface area contributed by atoms with Gasteiger partial charge in [-0.2, -0.15) is 0 Å². The Morgan fingerprint density at radius 2 is 2.00 bits per heavy atom. The third-order valence-corrected chi connectivity index (χ3v) is 4.39. The molecule has 2 aromatic carbocycles. The Bertz CT molecular complexity index is 750. The Morgan fingerprint density at radius 3 is 2.76 bits per heavy atom. The van der Waals surface area contributed by atoms with Gasteiger partial charge >= 0.3 is 0 Å². The van der Waals surface area contributed by atoms with Crippen LogP contribution in [-0.2, 0) is 9.59 Å². The molecule has 1 heterocycles. The van der Waals surface area contributed by atoms with Crippen LogP contribution in [0.5, 0.6) is 0 Å². The van der Waals surface area contributed by atoms with Gasteiger partial charge in [0.05, 0.1) is 5.69 Å². The maximum Gasteiger partial charge on any atom is 0.240 e. The fourth-order valence-corrected chi connectivity index (χ4v) is 3.33. The molecule has 2 aromatic rings. The second-order valence-corrected chi connectivity index (χ2v) is 5.99. The van der Waals surface area contributed by atoms with E-state index in [1.807, 2.05) is 0 Å². The third kappa shape index (κ3) is 2.66. The number of para-hydroxylation sites is 1. The number of amides is 1. The molecule has 1 unspecified atom stereocenters. The number of benzene rings is 2. The average molecular weight is 322 g/mol. The lowest BCUT2D eigenvalue weighted by atomic mass is 10.00.